The number of carbonyl (C=O) groups is 1. The lowest BCUT2D eigenvalue weighted by atomic mass is 10.1. The fraction of sp³-hybridized carbons (Fsp3) is 0.500. The van der Waals surface area contributed by atoms with Gasteiger partial charge in [-0.25, -0.2) is 4.79 Å². The van der Waals surface area contributed by atoms with Gasteiger partial charge in [-0.15, -0.1) is 10.2 Å². The van der Waals surface area contributed by atoms with Crippen LogP contribution >= 0.6 is 0 Å². The van der Waals surface area contributed by atoms with Crippen molar-refractivity contribution >= 4 is 11.7 Å². The lowest BCUT2D eigenvalue weighted by Gasteiger charge is -2.22. The van der Waals surface area contributed by atoms with Crippen LogP contribution in [0.5, 0.6) is 0 Å². The Morgan fingerprint density at radius 2 is 1.96 bits per heavy atom. The van der Waals surface area contributed by atoms with Crippen molar-refractivity contribution in [3.63, 3.8) is 0 Å². The maximum absolute atomic E-state index is 12.7. The predicted octanol–water partition coefficient (Wildman–Crippen LogP) is 2.70. The van der Waals surface area contributed by atoms with E-state index in [0.717, 1.165) is 49.7 Å². The Labute approximate surface area is 148 Å². The summed E-state index contributed by atoms with van der Waals surface area (Å²) in [5.74, 6) is 0.765. The Balaban J connectivity index is 1.81. The maximum Gasteiger partial charge on any atom is 0.321 e. The highest BCUT2D eigenvalue weighted by Crippen LogP contribution is 2.28. The standard InChI is InChI=1S/C18H26N6O/c1-14(2)24-13-19-21-17(24)15-7-4-5-8-16(15)20-18(25)23-10-6-9-22(3)11-12-23/h4-5,7-8,13-14H,6,9-12H2,1-3H3,(H,20,25). The highest BCUT2D eigenvalue weighted by Gasteiger charge is 2.20. The predicted molar refractivity (Wildman–Crippen MR) is 98.5 cm³/mol. The minimum absolute atomic E-state index is 0.0571. The quantitative estimate of drug-likeness (QED) is 0.931. The highest BCUT2D eigenvalue weighted by atomic mass is 16.2. The summed E-state index contributed by atoms with van der Waals surface area (Å²) < 4.78 is 2.01. The van der Waals surface area contributed by atoms with E-state index < -0.39 is 0 Å². The molecule has 134 valence electrons. The largest absolute Gasteiger partial charge is 0.323 e. The average molecular weight is 342 g/mol. The summed E-state index contributed by atoms with van der Waals surface area (Å²) in [5, 5.41) is 11.4. The lowest BCUT2D eigenvalue weighted by Crippen LogP contribution is -2.37. The van der Waals surface area contributed by atoms with Crippen LogP contribution in [-0.2, 0) is 0 Å². The SMILES string of the molecule is CC(C)n1cnnc1-c1ccccc1NC(=O)N1CCCN(C)CC1. The fourth-order valence-electron chi connectivity index (χ4n) is 3.04. The first-order valence-electron chi connectivity index (χ1n) is 8.79. The molecule has 1 fully saturated rings. The van der Waals surface area contributed by atoms with Gasteiger partial charge < -0.3 is 19.7 Å². The number of benzene rings is 1. The first-order chi connectivity index (χ1) is 12.1. The van der Waals surface area contributed by atoms with Crippen LogP contribution in [0.4, 0.5) is 10.5 Å². The molecule has 2 heterocycles. The van der Waals surface area contributed by atoms with E-state index in [4.69, 9.17) is 0 Å². The van der Waals surface area contributed by atoms with Crippen LogP contribution in [0.25, 0.3) is 11.4 Å². The number of carbonyl (C=O) groups excluding carboxylic acids is 1. The van der Waals surface area contributed by atoms with Gasteiger partial charge in [0.2, 0.25) is 0 Å². The second-order valence-electron chi connectivity index (χ2n) is 6.78. The van der Waals surface area contributed by atoms with Crippen LogP contribution in [0.1, 0.15) is 26.3 Å². The Bertz CT molecular complexity index is 726. The van der Waals surface area contributed by atoms with Crippen LogP contribution in [0.15, 0.2) is 30.6 Å². The van der Waals surface area contributed by atoms with Crippen LogP contribution in [0, 0.1) is 0 Å². The van der Waals surface area contributed by atoms with Crippen molar-refractivity contribution < 1.29 is 4.79 Å². The molecule has 0 spiro atoms. The molecule has 0 atom stereocenters. The molecule has 1 saturated heterocycles. The third-order valence-electron chi connectivity index (χ3n) is 4.55. The molecule has 0 saturated carbocycles. The van der Waals surface area contributed by atoms with Crippen molar-refractivity contribution in [2.24, 2.45) is 0 Å². The minimum Gasteiger partial charge on any atom is -0.323 e. The summed E-state index contributed by atoms with van der Waals surface area (Å²) in [7, 11) is 2.09. The van der Waals surface area contributed by atoms with Crippen LogP contribution in [0.2, 0.25) is 0 Å². The van der Waals surface area contributed by atoms with Gasteiger partial charge in [0.15, 0.2) is 5.82 Å². The van der Waals surface area contributed by atoms with Gasteiger partial charge in [0.05, 0.1) is 5.69 Å². The van der Waals surface area contributed by atoms with Crippen LogP contribution in [-0.4, -0.2) is 63.8 Å². The molecule has 1 N–H and O–H groups in total. The van der Waals surface area contributed by atoms with Crippen molar-refractivity contribution in [1.82, 2.24) is 24.6 Å². The van der Waals surface area contributed by atoms with Gasteiger partial charge in [0.25, 0.3) is 0 Å². The van der Waals surface area contributed by atoms with Crippen molar-refractivity contribution in [3.05, 3.63) is 30.6 Å². The fourth-order valence-corrected chi connectivity index (χ4v) is 3.04. The molecule has 3 rings (SSSR count). The van der Waals surface area contributed by atoms with E-state index in [2.05, 4.69) is 41.3 Å². The number of nitrogens with one attached hydrogen (secondary N) is 1. The molecule has 1 aromatic heterocycles. The summed E-state index contributed by atoms with van der Waals surface area (Å²) in [6.07, 6.45) is 2.72. The molecule has 2 aromatic rings. The topological polar surface area (TPSA) is 66.3 Å². The van der Waals surface area contributed by atoms with Crippen LogP contribution in [0.3, 0.4) is 0 Å². The zero-order valence-corrected chi connectivity index (χ0v) is 15.1. The Morgan fingerprint density at radius 3 is 2.76 bits per heavy atom. The molecule has 1 aromatic carbocycles. The van der Waals surface area contributed by atoms with Gasteiger partial charge in [0, 0.05) is 31.2 Å². The number of para-hydroxylation sites is 1. The van der Waals surface area contributed by atoms with Gasteiger partial charge in [-0.05, 0) is 46.0 Å². The molecule has 2 amide bonds. The zero-order valence-electron chi connectivity index (χ0n) is 15.1. The molecule has 0 bridgehead atoms. The Kier molecular flexibility index (Phi) is 5.33. The normalized spacial score (nSPS) is 16.1. The molecular formula is C18H26N6O. The molecule has 0 radical (unpaired) electrons. The van der Waals surface area contributed by atoms with E-state index in [1.165, 1.54) is 0 Å². The van der Waals surface area contributed by atoms with E-state index in [-0.39, 0.29) is 12.1 Å². The summed E-state index contributed by atoms with van der Waals surface area (Å²) in [5.41, 5.74) is 1.65. The number of aromatic nitrogens is 3. The van der Waals surface area contributed by atoms with Gasteiger partial charge >= 0.3 is 6.03 Å². The average Bonchev–Trinajstić information content (AvgIpc) is 2.98. The van der Waals surface area contributed by atoms with Crippen molar-refractivity contribution in [2.75, 3.05) is 38.5 Å². The van der Waals surface area contributed by atoms with Gasteiger partial charge in [-0.3, -0.25) is 0 Å². The molecule has 7 heteroatoms. The number of likely N-dealkylation sites (N-methyl/N-ethyl adjacent to an activating group) is 1. The number of rotatable bonds is 3. The first-order valence-corrected chi connectivity index (χ1v) is 8.79. The van der Waals surface area contributed by atoms with Gasteiger partial charge in [0.1, 0.15) is 6.33 Å². The molecule has 1 aliphatic heterocycles. The zero-order chi connectivity index (χ0) is 17.8. The second-order valence-corrected chi connectivity index (χ2v) is 6.78. The molecule has 0 aliphatic carbocycles. The van der Waals surface area contributed by atoms with Gasteiger partial charge in [-0.2, -0.15) is 0 Å². The molecular weight excluding hydrogens is 316 g/mol. The van der Waals surface area contributed by atoms with Crippen molar-refractivity contribution in [2.45, 2.75) is 26.3 Å². The van der Waals surface area contributed by atoms with E-state index in [1.54, 1.807) is 6.33 Å². The molecule has 0 unspecified atom stereocenters. The van der Waals surface area contributed by atoms with E-state index in [0.29, 0.717) is 0 Å². The van der Waals surface area contributed by atoms with Crippen molar-refractivity contribution in [3.8, 4) is 11.4 Å². The molecule has 25 heavy (non-hydrogen) atoms. The van der Waals surface area contributed by atoms with E-state index in [1.807, 2.05) is 33.7 Å². The molecule has 7 nitrogen and oxygen atoms in total. The Morgan fingerprint density at radius 1 is 1.16 bits per heavy atom. The number of hydrogen-bond donors (Lipinski definition) is 1. The number of nitrogens with zero attached hydrogens (tertiary/aromatic N) is 5. The number of anilines is 1. The summed E-state index contributed by atoms with van der Waals surface area (Å²) in [6.45, 7) is 7.62. The van der Waals surface area contributed by atoms with Crippen molar-refractivity contribution in [1.29, 1.82) is 0 Å². The first kappa shape index (κ1) is 17.4. The molecule has 1 aliphatic rings. The number of urea groups is 1. The minimum atomic E-state index is -0.0571. The highest BCUT2D eigenvalue weighted by molar-refractivity contribution is 5.93. The maximum atomic E-state index is 12.7. The third-order valence-corrected chi connectivity index (χ3v) is 4.55. The smallest absolute Gasteiger partial charge is 0.321 e. The summed E-state index contributed by atoms with van der Waals surface area (Å²) in [4.78, 5) is 16.9. The monoisotopic (exact) mass is 342 g/mol. The number of amides is 2. The van der Waals surface area contributed by atoms with Crippen LogP contribution < -0.4 is 5.32 Å². The summed E-state index contributed by atoms with van der Waals surface area (Å²) >= 11 is 0. The summed E-state index contributed by atoms with van der Waals surface area (Å²) in [6, 6.07) is 7.94. The second kappa shape index (κ2) is 7.65. The van der Waals surface area contributed by atoms with E-state index >= 15 is 0 Å². The lowest BCUT2D eigenvalue weighted by molar-refractivity contribution is 0.213. The Hall–Kier alpha value is -2.41. The third kappa shape index (κ3) is 3.99. The van der Waals surface area contributed by atoms with E-state index in [9.17, 15) is 4.79 Å². The van der Waals surface area contributed by atoms with Gasteiger partial charge in [-0.1, -0.05) is 12.1 Å². The number of hydrogen-bond acceptors (Lipinski definition) is 4.